The van der Waals surface area contributed by atoms with Crippen LogP contribution in [0.25, 0.3) is 0 Å². The number of nitrogens with zero attached hydrogens (tertiary/aromatic N) is 5. The number of carbonyl (C=O) groups excluding carboxylic acids is 1. The first-order chi connectivity index (χ1) is 11.8. The van der Waals surface area contributed by atoms with Crippen molar-refractivity contribution in [3.63, 3.8) is 0 Å². The van der Waals surface area contributed by atoms with Gasteiger partial charge in [0.25, 0.3) is 0 Å². The number of likely N-dealkylation sites (tertiary alicyclic amines) is 1. The summed E-state index contributed by atoms with van der Waals surface area (Å²) in [5, 5.41) is 3.83. The zero-order valence-corrected chi connectivity index (χ0v) is 13.5. The maximum atomic E-state index is 12.7. The van der Waals surface area contributed by atoms with Crippen molar-refractivity contribution < 1.29 is 18.0 Å². The van der Waals surface area contributed by atoms with Crippen LogP contribution in [0.15, 0.2) is 17.3 Å². The lowest BCUT2D eigenvalue weighted by Gasteiger charge is -2.31. The van der Waals surface area contributed by atoms with Gasteiger partial charge in [0.15, 0.2) is 0 Å². The number of imidazole rings is 1. The van der Waals surface area contributed by atoms with Crippen LogP contribution < -0.4 is 5.69 Å². The maximum Gasteiger partial charge on any atom is 0.432 e. The molecule has 0 aliphatic carbocycles. The highest BCUT2D eigenvalue weighted by Gasteiger charge is 2.34. The van der Waals surface area contributed by atoms with Crippen LogP contribution in [-0.2, 0) is 24.6 Å². The largest absolute Gasteiger partial charge is 0.432 e. The number of hydrogen-bond acceptors (Lipinski definition) is 4. The third-order valence-electron chi connectivity index (χ3n) is 4.23. The van der Waals surface area contributed by atoms with Gasteiger partial charge in [-0.3, -0.25) is 9.36 Å². The van der Waals surface area contributed by atoms with Crippen molar-refractivity contribution in [3.05, 3.63) is 34.5 Å². The summed E-state index contributed by atoms with van der Waals surface area (Å²) in [6.45, 7) is 0.549. The lowest BCUT2D eigenvalue weighted by molar-refractivity contribution is -0.141. The van der Waals surface area contributed by atoms with E-state index < -0.39 is 17.6 Å². The van der Waals surface area contributed by atoms with Crippen LogP contribution >= 0.6 is 0 Å². The highest BCUT2D eigenvalue weighted by atomic mass is 19.4. The van der Waals surface area contributed by atoms with Crippen molar-refractivity contribution in [2.24, 2.45) is 7.05 Å². The number of aromatic nitrogens is 5. The van der Waals surface area contributed by atoms with E-state index in [1.165, 1.54) is 22.8 Å². The van der Waals surface area contributed by atoms with E-state index in [0.717, 1.165) is 10.9 Å². The van der Waals surface area contributed by atoms with Crippen LogP contribution in [0.4, 0.5) is 13.2 Å². The minimum absolute atomic E-state index is 0.196. The van der Waals surface area contributed by atoms with Crippen LogP contribution in [0.5, 0.6) is 0 Å². The molecular weight excluding hydrogens is 341 g/mol. The first-order valence-corrected chi connectivity index (χ1v) is 7.74. The Hall–Kier alpha value is -2.59. The van der Waals surface area contributed by atoms with Crippen molar-refractivity contribution in [2.45, 2.75) is 31.5 Å². The van der Waals surface area contributed by atoms with E-state index in [2.05, 4.69) is 15.1 Å². The second-order valence-corrected chi connectivity index (χ2v) is 6.04. The Balaban J connectivity index is 1.68. The molecule has 2 aromatic rings. The molecule has 3 heterocycles. The highest BCUT2D eigenvalue weighted by Crippen LogP contribution is 2.31. The minimum Gasteiger partial charge on any atom is -0.340 e. The number of H-pyrrole nitrogens is 1. The van der Waals surface area contributed by atoms with Crippen molar-refractivity contribution in [2.75, 3.05) is 13.1 Å². The molecule has 1 atom stereocenters. The fourth-order valence-corrected chi connectivity index (χ4v) is 2.87. The van der Waals surface area contributed by atoms with Gasteiger partial charge >= 0.3 is 11.9 Å². The van der Waals surface area contributed by atoms with E-state index in [-0.39, 0.29) is 30.7 Å². The molecule has 0 aromatic carbocycles. The van der Waals surface area contributed by atoms with Crippen LogP contribution in [0, 0.1) is 0 Å². The van der Waals surface area contributed by atoms with E-state index in [4.69, 9.17) is 0 Å². The van der Waals surface area contributed by atoms with Gasteiger partial charge in [-0.2, -0.15) is 18.3 Å². The van der Waals surface area contributed by atoms with Crippen LogP contribution in [0.2, 0.25) is 0 Å². The Bertz CT molecular complexity index is 821. The smallest absolute Gasteiger partial charge is 0.340 e. The molecule has 3 rings (SSSR count). The predicted octanol–water partition coefficient (Wildman–Crippen LogP) is 0.730. The molecule has 1 amide bonds. The monoisotopic (exact) mass is 358 g/mol. The van der Waals surface area contributed by atoms with Gasteiger partial charge in [-0.05, 0) is 12.8 Å². The van der Waals surface area contributed by atoms with E-state index >= 15 is 0 Å². The molecule has 136 valence electrons. The Labute approximate surface area is 140 Å². The van der Waals surface area contributed by atoms with E-state index in [1.807, 2.05) is 0 Å². The Morgan fingerprint density at radius 2 is 2.20 bits per heavy atom. The standard InChI is InChI=1S/C14H17F3N6O2/c1-21-8-19-23(13(21)25)7-11(24)22-4-2-3-9(6-22)12-18-5-10(20-12)14(15,16)17/h5,8-9H,2-4,6-7H2,1H3,(H,18,20)/t9-/m0/s1. The lowest BCUT2D eigenvalue weighted by Crippen LogP contribution is -2.42. The van der Waals surface area contributed by atoms with E-state index in [0.29, 0.717) is 19.4 Å². The number of halogens is 3. The number of rotatable bonds is 3. The Morgan fingerprint density at radius 1 is 1.44 bits per heavy atom. The molecule has 11 heteroatoms. The van der Waals surface area contributed by atoms with Gasteiger partial charge in [-0.15, -0.1) is 0 Å². The van der Waals surface area contributed by atoms with Gasteiger partial charge in [0.1, 0.15) is 24.4 Å². The van der Waals surface area contributed by atoms with Crippen molar-refractivity contribution in [3.8, 4) is 0 Å². The summed E-state index contributed by atoms with van der Waals surface area (Å²) >= 11 is 0. The second-order valence-electron chi connectivity index (χ2n) is 6.04. The lowest BCUT2D eigenvalue weighted by atomic mass is 9.97. The summed E-state index contributed by atoms with van der Waals surface area (Å²) in [7, 11) is 1.53. The fourth-order valence-electron chi connectivity index (χ4n) is 2.87. The number of amides is 1. The first kappa shape index (κ1) is 17.2. The number of hydrogen-bond donors (Lipinski definition) is 1. The molecule has 1 aliphatic heterocycles. The van der Waals surface area contributed by atoms with Gasteiger partial charge in [0.05, 0.1) is 6.20 Å². The summed E-state index contributed by atoms with van der Waals surface area (Å²) in [5.74, 6) is -0.373. The molecule has 25 heavy (non-hydrogen) atoms. The quantitative estimate of drug-likeness (QED) is 0.876. The average molecular weight is 358 g/mol. The molecule has 0 unspecified atom stereocenters. The highest BCUT2D eigenvalue weighted by molar-refractivity contribution is 5.76. The Morgan fingerprint density at radius 3 is 2.80 bits per heavy atom. The minimum atomic E-state index is -4.48. The molecule has 0 spiro atoms. The fraction of sp³-hybridized carbons (Fsp3) is 0.571. The molecule has 0 bridgehead atoms. The number of aryl methyl sites for hydroxylation is 1. The SMILES string of the molecule is Cn1cnn(CC(=O)N2CCC[C@H](c3ncc(C(F)(F)F)[nH]3)C2)c1=O. The topological polar surface area (TPSA) is 88.8 Å². The van der Waals surface area contributed by atoms with Crippen LogP contribution in [0.1, 0.15) is 30.3 Å². The average Bonchev–Trinajstić information content (AvgIpc) is 3.18. The molecule has 8 nitrogen and oxygen atoms in total. The molecule has 2 aromatic heterocycles. The summed E-state index contributed by atoms with van der Waals surface area (Å²) in [6, 6.07) is 0. The zero-order valence-electron chi connectivity index (χ0n) is 13.5. The van der Waals surface area contributed by atoms with Crippen LogP contribution in [-0.4, -0.2) is 48.2 Å². The third kappa shape index (κ3) is 3.59. The maximum absolute atomic E-state index is 12.7. The van der Waals surface area contributed by atoms with Crippen molar-refractivity contribution >= 4 is 5.91 Å². The Kier molecular flexibility index (Phi) is 4.39. The molecule has 1 aliphatic rings. The second kappa shape index (κ2) is 6.37. The predicted molar refractivity (Wildman–Crippen MR) is 79.6 cm³/mol. The number of alkyl halides is 3. The van der Waals surface area contributed by atoms with Crippen molar-refractivity contribution in [1.29, 1.82) is 0 Å². The number of aromatic amines is 1. The van der Waals surface area contributed by atoms with Gasteiger partial charge in [0.2, 0.25) is 5.91 Å². The molecule has 1 saturated heterocycles. The van der Waals surface area contributed by atoms with Crippen LogP contribution in [0.3, 0.4) is 0 Å². The zero-order chi connectivity index (χ0) is 18.2. The first-order valence-electron chi connectivity index (χ1n) is 7.74. The summed E-state index contributed by atoms with van der Waals surface area (Å²) < 4.78 is 40.3. The van der Waals surface area contributed by atoms with Gasteiger partial charge < -0.3 is 9.88 Å². The van der Waals surface area contributed by atoms with E-state index in [9.17, 15) is 22.8 Å². The molecule has 1 fully saturated rings. The van der Waals surface area contributed by atoms with E-state index in [1.54, 1.807) is 0 Å². The summed E-state index contributed by atoms with van der Waals surface area (Å²) in [4.78, 5) is 31.8. The normalized spacial score (nSPS) is 18.6. The number of piperidine rings is 1. The molecular formula is C14H17F3N6O2. The number of nitrogens with one attached hydrogen (secondary N) is 1. The molecule has 1 N–H and O–H groups in total. The number of carbonyl (C=O) groups is 1. The van der Waals surface area contributed by atoms with Gasteiger partial charge in [0, 0.05) is 26.1 Å². The summed E-state index contributed by atoms with van der Waals surface area (Å²) in [5.41, 5.74) is -1.30. The van der Waals surface area contributed by atoms with Crippen molar-refractivity contribution in [1.82, 2.24) is 29.2 Å². The van der Waals surface area contributed by atoms with Gasteiger partial charge in [-0.1, -0.05) is 0 Å². The third-order valence-corrected chi connectivity index (χ3v) is 4.23. The summed E-state index contributed by atoms with van der Waals surface area (Å²) in [6.07, 6.45) is -1.11. The molecule has 0 radical (unpaired) electrons. The molecule has 0 saturated carbocycles. The van der Waals surface area contributed by atoms with Gasteiger partial charge in [-0.25, -0.2) is 14.5 Å².